The Morgan fingerprint density at radius 3 is 2.59 bits per heavy atom. The number of nitrogens with zero attached hydrogens (tertiary/aromatic N) is 2. The normalized spacial score (nSPS) is 15.7. The van der Waals surface area contributed by atoms with Crippen LogP contribution in [0.15, 0.2) is 53.1 Å². The molecule has 0 spiro atoms. The molecule has 0 amide bonds. The van der Waals surface area contributed by atoms with E-state index in [0.29, 0.717) is 11.5 Å². The third-order valence-corrected chi connectivity index (χ3v) is 3.89. The van der Waals surface area contributed by atoms with Gasteiger partial charge in [0.1, 0.15) is 5.76 Å². The van der Waals surface area contributed by atoms with Gasteiger partial charge in [-0.2, -0.15) is 4.98 Å². The van der Waals surface area contributed by atoms with Crippen LogP contribution in [0.4, 0.5) is 0 Å². The highest BCUT2D eigenvalue weighted by molar-refractivity contribution is 5.90. The molecule has 1 aliphatic carbocycles. The standard InChI is InChI=1S/C19H16N2O/c1-19(2)10-8-14-15-12-20-17(13-6-4-3-5-7-13)21-18(15)22-16(14)9-11-19/h3-12H,1-2H3. The maximum atomic E-state index is 5.94. The second kappa shape index (κ2) is 4.67. The number of aromatic nitrogens is 2. The van der Waals surface area contributed by atoms with Crippen LogP contribution >= 0.6 is 0 Å². The van der Waals surface area contributed by atoms with Crippen LogP contribution in [-0.2, 0) is 0 Å². The molecule has 3 aromatic rings. The first-order chi connectivity index (χ1) is 10.6. The molecular formula is C19H16N2O. The van der Waals surface area contributed by atoms with E-state index in [4.69, 9.17) is 4.42 Å². The zero-order valence-electron chi connectivity index (χ0n) is 12.6. The summed E-state index contributed by atoms with van der Waals surface area (Å²) in [6.07, 6.45) is 10.3. The summed E-state index contributed by atoms with van der Waals surface area (Å²) < 4.78 is 5.94. The molecule has 4 rings (SSSR count). The van der Waals surface area contributed by atoms with Gasteiger partial charge in [-0.1, -0.05) is 62.4 Å². The first-order valence-corrected chi connectivity index (χ1v) is 7.36. The Kier molecular flexibility index (Phi) is 2.76. The van der Waals surface area contributed by atoms with Crippen molar-refractivity contribution in [3.05, 3.63) is 60.0 Å². The Morgan fingerprint density at radius 2 is 1.77 bits per heavy atom. The summed E-state index contributed by atoms with van der Waals surface area (Å²) >= 11 is 0. The van der Waals surface area contributed by atoms with Gasteiger partial charge in [0.2, 0.25) is 5.71 Å². The molecular weight excluding hydrogens is 272 g/mol. The van der Waals surface area contributed by atoms with Crippen molar-refractivity contribution < 1.29 is 4.42 Å². The zero-order valence-corrected chi connectivity index (χ0v) is 12.6. The minimum atomic E-state index is 0.0265. The van der Waals surface area contributed by atoms with E-state index in [1.807, 2.05) is 42.6 Å². The fraction of sp³-hybridized carbons (Fsp3) is 0.158. The largest absolute Gasteiger partial charge is 0.438 e. The summed E-state index contributed by atoms with van der Waals surface area (Å²) in [5.41, 5.74) is 2.70. The molecule has 0 saturated heterocycles. The van der Waals surface area contributed by atoms with Crippen molar-refractivity contribution in [2.24, 2.45) is 5.41 Å². The van der Waals surface area contributed by atoms with Crippen molar-refractivity contribution in [1.29, 1.82) is 0 Å². The maximum absolute atomic E-state index is 5.94. The SMILES string of the molecule is CC1(C)C=Cc2oc3nc(-c4ccccc4)ncc3c2C=C1. The molecule has 0 unspecified atom stereocenters. The summed E-state index contributed by atoms with van der Waals surface area (Å²) in [7, 11) is 0. The number of rotatable bonds is 1. The number of hydrogen-bond acceptors (Lipinski definition) is 3. The van der Waals surface area contributed by atoms with E-state index < -0.39 is 0 Å². The molecule has 0 saturated carbocycles. The van der Waals surface area contributed by atoms with Crippen molar-refractivity contribution >= 4 is 23.3 Å². The molecule has 1 aromatic carbocycles. The van der Waals surface area contributed by atoms with Crippen molar-refractivity contribution in [3.63, 3.8) is 0 Å². The molecule has 0 fully saturated rings. The first kappa shape index (κ1) is 13.0. The molecule has 2 aromatic heterocycles. The quantitative estimate of drug-likeness (QED) is 0.635. The van der Waals surface area contributed by atoms with Crippen LogP contribution in [0, 0.1) is 5.41 Å². The van der Waals surface area contributed by atoms with Crippen LogP contribution in [0.2, 0.25) is 0 Å². The predicted octanol–water partition coefficient (Wildman–Crippen LogP) is 4.96. The molecule has 3 nitrogen and oxygen atoms in total. The molecule has 0 bridgehead atoms. The number of fused-ring (bicyclic) bond motifs is 3. The van der Waals surface area contributed by atoms with Gasteiger partial charge in [-0.15, -0.1) is 0 Å². The Bertz CT molecular complexity index is 902. The zero-order chi connectivity index (χ0) is 15.2. The summed E-state index contributed by atoms with van der Waals surface area (Å²) in [4.78, 5) is 9.07. The highest BCUT2D eigenvalue weighted by atomic mass is 16.3. The lowest BCUT2D eigenvalue weighted by atomic mass is 9.93. The van der Waals surface area contributed by atoms with Gasteiger partial charge in [0, 0.05) is 22.7 Å². The van der Waals surface area contributed by atoms with Gasteiger partial charge >= 0.3 is 0 Å². The average Bonchev–Trinajstić information content (AvgIpc) is 2.81. The third-order valence-electron chi connectivity index (χ3n) is 3.89. The fourth-order valence-electron chi connectivity index (χ4n) is 2.59. The minimum Gasteiger partial charge on any atom is -0.438 e. The van der Waals surface area contributed by atoms with Gasteiger partial charge in [-0.3, -0.25) is 0 Å². The first-order valence-electron chi connectivity index (χ1n) is 7.36. The van der Waals surface area contributed by atoms with E-state index in [9.17, 15) is 0 Å². The topological polar surface area (TPSA) is 38.9 Å². The average molecular weight is 288 g/mol. The fourth-order valence-corrected chi connectivity index (χ4v) is 2.59. The lowest BCUT2D eigenvalue weighted by Crippen LogP contribution is -2.00. The highest BCUT2D eigenvalue weighted by Crippen LogP contribution is 2.33. The Labute approximate surface area is 129 Å². The maximum Gasteiger partial charge on any atom is 0.230 e. The van der Waals surface area contributed by atoms with E-state index in [0.717, 1.165) is 22.3 Å². The van der Waals surface area contributed by atoms with E-state index in [-0.39, 0.29) is 5.41 Å². The lowest BCUT2D eigenvalue weighted by molar-refractivity contribution is 0.588. The molecule has 0 N–H and O–H groups in total. The van der Waals surface area contributed by atoms with Crippen LogP contribution in [0.5, 0.6) is 0 Å². The number of allylic oxidation sites excluding steroid dienone is 2. The van der Waals surface area contributed by atoms with Gasteiger partial charge in [-0.05, 0) is 6.08 Å². The van der Waals surface area contributed by atoms with Crippen LogP contribution < -0.4 is 0 Å². The van der Waals surface area contributed by atoms with Gasteiger partial charge in [-0.25, -0.2) is 4.98 Å². The summed E-state index contributed by atoms with van der Waals surface area (Å²) in [5.74, 6) is 1.53. The van der Waals surface area contributed by atoms with Crippen LogP contribution in [-0.4, -0.2) is 9.97 Å². The molecule has 3 heteroatoms. The van der Waals surface area contributed by atoms with Crippen molar-refractivity contribution in [3.8, 4) is 11.4 Å². The minimum absolute atomic E-state index is 0.0265. The molecule has 0 aliphatic heterocycles. The van der Waals surface area contributed by atoms with Crippen LogP contribution in [0.1, 0.15) is 25.2 Å². The Balaban J connectivity index is 1.87. The smallest absolute Gasteiger partial charge is 0.230 e. The van der Waals surface area contributed by atoms with Gasteiger partial charge < -0.3 is 4.42 Å². The van der Waals surface area contributed by atoms with Gasteiger partial charge in [0.25, 0.3) is 0 Å². The molecule has 0 radical (unpaired) electrons. The number of furan rings is 1. The van der Waals surface area contributed by atoms with E-state index in [1.54, 1.807) is 0 Å². The van der Waals surface area contributed by atoms with E-state index >= 15 is 0 Å². The Hall–Kier alpha value is -2.68. The number of hydrogen-bond donors (Lipinski definition) is 0. The van der Waals surface area contributed by atoms with Gasteiger partial charge in [0.15, 0.2) is 5.82 Å². The van der Waals surface area contributed by atoms with E-state index in [2.05, 4.69) is 42.0 Å². The van der Waals surface area contributed by atoms with Gasteiger partial charge in [0.05, 0.1) is 5.39 Å². The summed E-state index contributed by atoms with van der Waals surface area (Å²) in [6.45, 7) is 4.33. The molecule has 0 atom stereocenters. The van der Waals surface area contributed by atoms with Crippen LogP contribution in [0.3, 0.4) is 0 Å². The summed E-state index contributed by atoms with van der Waals surface area (Å²) in [5, 5.41) is 0.952. The molecule has 108 valence electrons. The lowest BCUT2D eigenvalue weighted by Gasteiger charge is -2.12. The molecule has 2 heterocycles. The molecule has 22 heavy (non-hydrogen) atoms. The van der Waals surface area contributed by atoms with Crippen LogP contribution in [0.25, 0.3) is 34.6 Å². The van der Waals surface area contributed by atoms with Crippen molar-refractivity contribution in [2.45, 2.75) is 13.8 Å². The predicted molar refractivity (Wildman–Crippen MR) is 89.1 cm³/mol. The molecule has 1 aliphatic rings. The third kappa shape index (κ3) is 2.15. The highest BCUT2D eigenvalue weighted by Gasteiger charge is 2.18. The monoisotopic (exact) mass is 288 g/mol. The van der Waals surface area contributed by atoms with Crippen molar-refractivity contribution in [2.75, 3.05) is 0 Å². The second-order valence-corrected chi connectivity index (χ2v) is 6.15. The Morgan fingerprint density at radius 1 is 1.00 bits per heavy atom. The number of benzene rings is 1. The van der Waals surface area contributed by atoms with Crippen molar-refractivity contribution in [1.82, 2.24) is 9.97 Å². The van der Waals surface area contributed by atoms with E-state index in [1.165, 1.54) is 0 Å². The second-order valence-electron chi connectivity index (χ2n) is 6.15. The summed E-state index contributed by atoms with van der Waals surface area (Å²) in [6, 6.07) is 9.94.